The molecule has 23 heavy (non-hydrogen) atoms. The summed E-state index contributed by atoms with van der Waals surface area (Å²) in [6.45, 7) is 4.54. The average Bonchev–Trinajstić information content (AvgIpc) is 3.23. The van der Waals surface area contributed by atoms with Crippen molar-refractivity contribution < 1.29 is 14.3 Å². The zero-order chi connectivity index (χ0) is 15.8. The quantitative estimate of drug-likeness (QED) is 0.861. The van der Waals surface area contributed by atoms with Crippen LogP contribution >= 0.6 is 0 Å². The Balaban J connectivity index is 1.63. The molecule has 0 radical (unpaired) electrons. The van der Waals surface area contributed by atoms with Crippen molar-refractivity contribution in [2.75, 3.05) is 19.8 Å². The van der Waals surface area contributed by atoms with Gasteiger partial charge in [-0.05, 0) is 31.7 Å². The molecule has 0 spiro atoms. The normalized spacial score (nSPS) is 22.3. The van der Waals surface area contributed by atoms with Gasteiger partial charge in [0, 0.05) is 42.1 Å². The van der Waals surface area contributed by atoms with E-state index < -0.39 is 0 Å². The number of likely N-dealkylation sites (tertiary alicyclic amines) is 1. The molecular formula is C19H25NO3. The largest absolute Gasteiger partial charge is 0.493 e. The van der Waals surface area contributed by atoms with E-state index in [1.165, 1.54) is 17.5 Å². The number of hydrogen-bond donors (Lipinski definition) is 0. The van der Waals surface area contributed by atoms with Crippen molar-refractivity contribution in [3.8, 4) is 11.5 Å². The van der Waals surface area contributed by atoms with Gasteiger partial charge in [-0.15, -0.1) is 0 Å². The number of carbonyl (C=O) groups excluding carboxylic acids is 1. The van der Waals surface area contributed by atoms with Gasteiger partial charge in [0.2, 0.25) is 5.91 Å². The van der Waals surface area contributed by atoms with Crippen LogP contribution in [-0.2, 0) is 24.1 Å². The fraction of sp³-hybridized carbons (Fsp3) is 0.632. The second-order valence-corrected chi connectivity index (χ2v) is 6.84. The molecule has 1 aromatic carbocycles. The third-order valence-corrected chi connectivity index (χ3v) is 5.51. The van der Waals surface area contributed by atoms with Gasteiger partial charge in [-0.3, -0.25) is 4.79 Å². The first kappa shape index (κ1) is 14.9. The fourth-order valence-electron chi connectivity index (χ4n) is 4.28. The number of piperidine rings is 1. The molecule has 0 bridgehead atoms. The lowest BCUT2D eigenvalue weighted by atomic mass is 9.95. The molecule has 1 amide bonds. The second kappa shape index (κ2) is 6.06. The third-order valence-electron chi connectivity index (χ3n) is 5.51. The molecule has 1 atom stereocenters. The predicted octanol–water partition coefficient (Wildman–Crippen LogP) is 2.89. The maximum absolute atomic E-state index is 13.0. The van der Waals surface area contributed by atoms with Crippen molar-refractivity contribution in [3.63, 3.8) is 0 Å². The fourth-order valence-corrected chi connectivity index (χ4v) is 4.28. The smallest absolute Gasteiger partial charge is 0.227 e. The van der Waals surface area contributed by atoms with Gasteiger partial charge in [-0.25, -0.2) is 0 Å². The van der Waals surface area contributed by atoms with E-state index in [1.54, 1.807) is 0 Å². The van der Waals surface area contributed by atoms with Crippen LogP contribution in [0.25, 0.3) is 0 Å². The topological polar surface area (TPSA) is 38.8 Å². The molecule has 4 rings (SSSR count). The van der Waals surface area contributed by atoms with E-state index in [2.05, 4.69) is 17.9 Å². The van der Waals surface area contributed by atoms with Crippen LogP contribution in [0.3, 0.4) is 0 Å². The van der Waals surface area contributed by atoms with Crippen LogP contribution in [0, 0.1) is 0 Å². The van der Waals surface area contributed by atoms with Gasteiger partial charge >= 0.3 is 0 Å². The van der Waals surface area contributed by atoms with Crippen molar-refractivity contribution in [2.45, 2.75) is 57.9 Å². The summed E-state index contributed by atoms with van der Waals surface area (Å²) < 4.78 is 11.6. The summed E-state index contributed by atoms with van der Waals surface area (Å²) in [4.78, 5) is 15.1. The first-order valence-electron chi connectivity index (χ1n) is 9.00. The van der Waals surface area contributed by atoms with Gasteiger partial charge in [-0.1, -0.05) is 6.92 Å². The number of hydrogen-bond acceptors (Lipinski definition) is 3. The highest BCUT2D eigenvalue weighted by Crippen LogP contribution is 2.41. The summed E-state index contributed by atoms with van der Waals surface area (Å²) in [5.41, 5.74) is 3.50. The maximum Gasteiger partial charge on any atom is 0.227 e. The summed E-state index contributed by atoms with van der Waals surface area (Å²) >= 11 is 0. The Morgan fingerprint density at radius 2 is 2.13 bits per heavy atom. The standard InChI is InChI=1S/C19H25NO3/c1-2-14-5-3-4-8-20(14)18(21)12-16-15-7-10-22-17(15)11-13-6-9-23-19(13)16/h11,14H,2-10,12H2,1H3. The number of ether oxygens (including phenoxy) is 2. The van der Waals surface area contributed by atoms with E-state index in [9.17, 15) is 4.79 Å². The van der Waals surface area contributed by atoms with Crippen LogP contribution in [0.2, 0.25) is 0 Å². The Bertz CT molecular complexity index is 593. The van der Waals surface area contributed by atoms with Gasteiger partial charge < -0.3 is 14.4 Å². The molecule has 3 heterocycles. The molecule has 4 heteroatoms. The lowest BCUT2D eigenvalue weighted by Crippen LogP contribution is -2.44. The monoisotopic (exact) mass is 315 g/mol. The van der Waals surface area contributed by atoms with Gasteiger partial charge in [0.1, 0.15) is 11.5 Å². The number of rotatable bonds is 3. The Kier molecular flexibility index (Phi) is 3.92. The predicted molar refractivity (Wildman–Crippen MR) is 88.2 cm³/mol. The van der Waals surface area contributed by atoms with Gasteiger partial charge in [0.25, 0.3) is 0 Å². The summed E-state index contributed by atoms with van der Waals surface area (Å²) in [6, 6.07) is 2.53. The second-order valence-electron chi connectivity index (χ2n) is 6.84. The molecule has 0 aliphatic carbocycles. The molecule has 1 unspecified atom stereocenters. The van der Waals surface area contributed by atoms with Crippen LogP contribution in [0.1, 0.15) is 49.3 Å². The van der Waals surface area contributed by atoms with Crippen LogP contribution in [0.15, 0.2) is 6.07 Å². The Morgan fingerprint density at radius 1 is 1.26 bits per heavy atom. The molecule has 124 valence electrons. The minimum Gasteiger partial charge on any atom is -0.493 e. The highest BCUT2D eigenvalue weighted by Gasteiger charge is 2.31. The first-order valence-corrected chi connectivity index (χ1v) is 9.00. The number of amides is 1. The van der Waals surface area contributed by atoms with Crippen LogP contribution in [-0.4, -0.2) is 36.6 Å². The van der Waals surface area contributed by atoms with Crippen molar-refractivity contribution >= 4 is 5.91 Å². The third kappa shape index (κ3) is 2.58. The molecule has 4 nitrogen and oxygen atoms in total. The van der Waals surface area contributed by atoms with E-state index in [0.29, 0.717) is 12.5 Å². The molecular weight excluding hydrogens is 290 g/mol. The van der Waals surface area contributed by atoms with E-state index in [0.717, 1.165) is 68.9 Å². The van der Waals surface area contributed by atoms with Gasteiger partial charge in [0.05, 0.1) is 19.6 Å². The lowest BCUT2D eigenvalue weighted by Gasteiger charge is -2.35. The zero-order valence-corrected chi connectivity index (χ0v) is 13.9. The Morgan fingerprint density at radius 3 is 3.00 bits per heavy atom. The molecule has 1 fully saturated rings. The number of carbonyl (C=O) groups is 1. The Hall–Kier alpha value is -1.71. The van der Waals surface area contributed by atoms with E-state index in [-0.39, 0.29) is 5.91 Å². The molecule has 1 aromatic rings. The van der Waals surface area contributed by atoms with E-state index in [1.807, 2.05) is 0 Å². The van der Waals surface area contributed by atoms with Gasteiger partial charge in [0.15, 0.2) is 0 Å². The van der Waals surface area contributed by atoms with E-state index >= 15 is 0 Å². The molecule has 3 aliphatic rings. The SMILES string of the molecule is CCC1CCCCN1C(=O)Cc1c2c(cc3c1OCC3)OCC2. The van der Waals surface area contributed by atoms with E-state index in [4.69, 9.17) is 9.47 Å². The summed E-state index contributed by atoms with van der Waals surface area (Å²) in [6.07, 6.45) is 6.86. The highest BCUT2D eigenvalue weighted by molar-refractivity contribution is 5.81. The summed E-state index contributed by atoms with van der Waals surface area (Å²) in [7, 11) is 0. The highest BCUT2D eigenvalue weighted by atomic mass is 16.5. The number of fused-ring (bicyclic) bond motifs is 2. The average molecular weight is 315 g/mol. The maximum atomic E-state index is 13.0. The zero-order valence-electron chi connectivity index (χ0n) is 13.9. The summed E-state index contributed by atoms with van der Waals surface area (Å²) in [5, 5.41) is 0. The molecule has 0 saturated carbocycles. The molecule has 1 saturated heterocycles. The van der Waals surface area contributed by atoms with Crippen molar-refractivity contribution in [1.82, 2.24) is 4.90 Å². The molecule has 3 aliphatic heterocycles. The van der Waals surface area contributed by atoms with Crippen molar-refractivity contribution in [1.29, 1.82) is 0 Å². The molecule has 0 N–H and O–H groups in total. The number of benzene rings is 1. The first-order chi connectivity index (χ1) is 11.3. The minimum atomic E-state index is 0.259. The summed E-state index contributed by atoms with van der Waals surface area (Å²) in [5.74, 6) is 2.20. The van der Waals surface area contributed by atoms with Crippen LogP contribution in [0.5, 0.6) is 11.5 Å². The Labute approximate surface area is 137 Å². The lowest BCUT2D eigenvalue weighted by molar-refractivity contribution is -0.134. The molecule has 0 aromatic heterocycles. The van der Waals surface area contributed by atoms with Crippen LogP contribution < -0.4 is 9.47 Å². The van der Waals surface area contributed by atoms with Gasteiger partial charge in [-0.2, -0.15) is 0 Å². The van der Waals surface area contributed by atoms with Crippen molar-refractivity contribution in [3.05, 3.63) is 22.8 Å². The number of nitrogens with zero attached hydrogens (tertiary/aromatic N) is 1. The van der Waals surface area contributed by atoms with Crippen LogP contribution in [0.4, 0.5) is 0 Å². The van der Waals surface area contributed by atoms with Crippen molar-refractivity contribution in [2.24, 2.45) is 0 Å². The minimum absolute atomic E-state index is 0.259.